The quantitative estimate of drug-likeness (QED) is 0.232. The van der Waals surface area contributed by atoms with Gasteiger partial charge >= 0.3 is 0 Å². The van der Waals surface area contributed by atoms with Crippen LogP contribution in [0.25, 0.3) is 16.6 Å². The van der Waals surface area contributed by atoms with Crippen LogP contribution in [0.1, 0.15) is 46.2 Å². The van der Waals surface area contributed by atoms with Crippen molar-refractivity contribution in [3.63, 3.8) is 0 Å². The predicted molar refractivity (Wildman–Crippen MR) is 146 cm³/mol. The third-order valence-electron chi connectivity index (χ3n) is 6.90. The summed E-state index contributed by atoms with van der Waals surface area (Å²) in [7, 11) is 0. The standard InChI is InChI=1S/C29H28FN7O/c1-17-13-26(37(36-17)21-10-12-24-22(15-21)28(31)35-34-24)29(38)33-25-14-20(9-11-23(25)30)27(32-16-18-7-8-18)19-5-3-2-4-6-19/h2-6,9-15,18,27,32H,7-8,16H2,1H3,(H,33,38)(H3,31,34,35). The zero-order valence-electron chi connectivity index (χ0n) is 20.9. The SMILES string of the molecule is Cc1cc(C(=O)Nc2cc(C(NCC3CC3)c3ccccc3)ccc2F)n(-c2ccc3[nH]nc(N)c3c2)n1. The molecule has 1 saturated carbocycles. The van der Waals surface area contributed by atoms with Crippen LogP contribution in [0.4, 0.5) is 15.9 Å². The normalized spacial score (nSPS) is 14.1. The molecular weight excluding hydrogens is 481 g/mol. The van der Waals surface area contributed by atoms with Crippen molar-refractivity contribution in [2.75, 3.05) is 17.6 Å². The summed E-state index contributed by atoms with van der Waals surface area (Å²) in [6, 6.07) is 21.9. The van der Waals surface area contributed by atoms with Gasteiger partial charge < -0.3 is 16.4 Å². The lowest BCUT2D eigenvalue weighted by Gasteiger charge is -2.21. The van der Waals surface area contributed by atoms with Crippen molar-refractivity contribution in [3.8, 4) is 5.69 Å². The van der Waals surface area contributed by atoms with Gasteiger partial charge in [-0.05, 0) is 79.8 Å². The second-order valence-electron chi connectivity index (χ2n) is 9.81. The summed E-state index contributed by atoms with van der Waals surface area (Å²) in [5, 5.41) is 18.5. The van der Waals surface area contributed by atoms with Gasteiger partial charge in [-0.25, -0.2) is 9.07 Å². The van der Waals surface area contributed by atoms with E-state index < -0.39 is 11.7 Å². The number of fused-ring (bicyclic) bond motifs is 1. The van der Waals surface area contributed by atoms with Crippen LogP contribution in [0.5, 0.6) is 0 Å². The van der Waals surface area contributed by atoms with Gasteiger partial charge in [0, 0.05) is 5.39 Å². The van der Waals surface area contributed by atoms with Gasteiger partial charge in [-0.2, -0.15) is 10.2 Å². The summed E-state index contributed by atoms with van der Waals surface area (Å²) in [6.45, 7) is 2.69. The topological polar surface area (TPSA) is 114 Å². The van der Waals surface area contributed by atoms with E-state index in [0.717, 1.165) is 28.6 Å². The van der Waals surface area contributed by atoms with Gasteiger partial charge in [0.25, 0.3) is 5.91 Å². The van der Waals surface area contributed by atoms with Crippen LogP contribution in [0.2, 0.25) is 0 Å². The first-order valence-electron chi connectivity index (χ1n) is 12.7. The molecule has 2 heterocycles. The van der Waals surface area contributed by atoms with Gasteiger partial charge in [0.2, 0.25) is 0 Å². The van der Waals surface area contributed by atoms with Crippen LogP contribution in [0.15, 0.2) is 72.8 Å². The number of amides is 1. The number of rotatable bonds is 8. The molecule has 9 heteroatoms. The van der Waals surface area contributed by atoms with Crippen molar-refractivity contribution in [2.24, 2.45) is 5.92 Å². The zero-order valence-corrected chi connectivity index (χ0v) is 20.9. The van der Waals surface area contributed by atoms with Gasteiger partial charge in [-0.1, -0.05) is 36.4 Å². The largest absolute Gasteiger partial charge is 0.382 e. The average molecular weight is 510 g/mol. The number of benzene rings is 3. The van der Waals surface area contributed by atoms with Crippen LogP contribution in [-0.4, -0.2) is 32.4 Å². The maximum absolute atomic E-state index is 15.0. The fourth-order valence-electron chi connectivity index (χ4n) is 4.70. The summed E-state index contributed by atoms with van der Waals surface area (Å²) < 4.78 is 16.5. The maximum atomic E-state index is 15.0. The van der Waals surface area contributed by atoms with Gasteiger partial charge in [0.1, 0.15) is 11.5 Å². The molecule has 5 aromatic rings. The number of carbonyl (C=O) groups excluding carboxylic acids is 1. The van der Waals surface area contributed by atoms with Gasteiger partial charge in [0.05, 0.1) is 28.6 Å². The number of halogens is 1. The van der Waals surface area contributed by atoms with Crippen LogP contribution in [0, 0.1) is 18.7 Å². The molecular formula is C29H28FN7O. The van der Waals surface area contributed by atoms with Crippen LogP contribution < -0.4 is 16.4 Å². The van der Waals surface area contributed by atoms with E-state index in [1.165, 1.54) is 23.6 Å². The smallest absolute Gasteiger partial charge is 0.274 e. The highest BCUT2D eigenvalue weighted by atomic mass is 19.1. The van der Waals surface area contributed by atoms with Crippen molar-refractivity contribution >= 4 is 28.3 Å². The molecule has 1 fully saturated rings. The second kappa shape index (κ2) is 9.75. The highest BCUT2D eigenvalue weighted by molar-refractivity contribution is 6.04. The Balaban J connectivity index is 1.31. The molecule has 1 aliphatic rings. The Labute approximate surface area is 219 Å². The number of anilines is 2. The molecule has 5 N–H and O–H groups in total. The summed E-state index contributed by atoms with van der Waals surface area (Å²) >= 11 is 0. The highest BCUT2D eigenvalue weighted by Gasteiger charge is 2.24. The molecule has 1 unspecified atom stereocenters. The Hall–Kier alpha value is -4.50. The molecule has 192 valence electrons. The zero-order chi connectivity index (χ0) is 26.2. The van der Waals surface area contributed by atoms with Gasteiger partial charge in [0.15, 0.2) is 5.82 Å². The number of nitrogens with zero attached hydrogens (tertiary/aromatic N) is 3. The predicted octanol–water partition coefficient (Wildman–Crippen LogP) is 5.12. The van der Waals surface area contributed by atoms with E-state index in [2.05, 4.69) is 38.1 Å². The third-order valence-corrected chi connectivity index (χ3v) is 6.90. The van der Waals surface area contributed by atoms with Crippen molar-refractivity contribution < 1.29 is 9.18 Å². The summed E-state index contributed by atoms with van der Waals surface area (Å²) in [4.78, 5) is 13.4. The molecule has 8 nitrogen and oxygen atoms in total. The first-order valence-corrected chi connectivity index (χ1v) is 12.7. The molecule has 0 aliphatic heterocycles. The lowest BCUT2D eigenvalue weighted by molar-refractivity contribution is 0.101. The molecule has 0 radical (unpaired) electrons. The Morgan fingerprint density at radius 2 is 1.92 bits per heavy atom. The Kier molecular flexibility index (Phi) is 6.13. The summed E-state index contributed by atoms with van der Waals surface area (Å²) in [5.41, 5.74) is 10.4. The number of carbonyl (C=O) groups is 1. The van der Waals surface area contributed by atoms with Gasteiger partial charge in [-0.3, -0.25) is 9.89 Å². The first kappa shape index (κ1) is 23.9. The Morgan fingerprint density at radius 3 is 2.71 bits per heavy atom. The minimum Gasteiger partial charge on any atom is -0.382 e. The lowest BCUT2D eigenvalue weighted by Crippen LogP contribution is -2.25. The van der Waals surface area contributed by atoms with Gasteiger partial charge in [-0.15, -0.1) is 0 Å². The second-order valence-corrected chi connectivity index (χ2v) is 9.81. The third kappa shape index (κ3) is 4.76. The van der Waals surface area contributed by atoms with Crippen LogP contribution in [0.3, 0.4) is 0 Å². The number of aromatic amines is 1. The maximum Gasteiger partial charge on any atom is 0.274 e. The van der Waals surface area contributed by atoms with E-state index in [-0.39, 0.29) is 17.4 Å². The number of aromatic nitrogens is 4. The molecule has 1 amide bonds. The molecule has 0 saturated heterocycles. The van der Waals surface area contributed by atoms with Crippen LogP contribution >= 0.6 is 0 Å². The van der Waals surface area contributed by atoms with Crippen molar-refractivity contribution in [1.29, 1.82) is 0 Å². The van der Waals surface area contributed by atoms with Crippen molar-refractivity contribution in [1.82, 2.24) is 25.3 Å². The minimum atomic E-state index is -0.508. The van der Waals surface area contributed by atoms with E-state index in [4.69, 9.17) is 5.73 Å². The summed E-state index contributed by atoms with van der Waals surface area (Å²) in [6.07, 6.45) is 2.46. The van der Waals surface area contributed by atoms with Crippen molar-refractivity contribution in [2.45, 2.75) is 25.8 Å². The molecule has 1 aliphatic carbocycles. The van der Waals surface area contributed by atoms with Crippen LogP contribution in [-0.2, 0) is 0 Å². The number of H-pyrrole nitrogens is 1. The molecule has 0 spiro atoms. The number of nitrogens with two attached hydrogens (primary N) is 1. The summed E-state index contributed by atoms with van der Waals surface area (Å²) in [5.74, 6) is 0.0652. The highest BCUT2D eigenvalue weighted by Crippen LogP contribution is 2.31. The molecule has 6 rings (SSSR count). The monoisotopic (exact) mass is 509 g/mol. The fourth-order valence-corrected chi connectivity index (χ4v) is 4.70. The number of nitrogens with one attached hydrogen (secondary N) is 3. The number of nitrogen functional groups attached to an aromatic ring is 1. The number of aryl methyl sites for hydroxylation is 1. The van der Waals surface area contributed by atoms with Crippen molar-refractivity contribution in [3.05, 3.63) is 101 Å². The minimum absolute atomic E-state index is 0.113. The lowest BCUT2D eigenvalue weighted by atomic mass is 9.97. The first-order chi connectivity index (χ1) is 18.5. The number of hydrogen-bond donors (Lipinski definition) is 4. The van der Waals surface area contributed by atoms with E-state index in [0.29, 0.717) is 23.1 Å². The molecule has 3 aromatic carbocycles. The van der Waals surface area contributed by atoms with E-state index in [1.807, 2.05) is 36.4 Å². The number of hydrogen-bond acceptors (Lipinski definition) is 5. The molecule has 1 atom stereocenters. The van der Waals surface area contributed by atoms with E-state index in [9.17, 15) is 9.18 Å². The molecule has 0 bridgehead atoms. The Morgan fingerprint density at radius 1 is 1.11 bits per heavy atom. The van der Waals surface area contributed by atoms with E-state index >= 15 is 0 Å². The Bertz CT molecular complexity index is 1620. The molecule has 2 aromatic heterocycles. The van der Waals surface area contributed by atoms with E-state index in [1.54, 1.807) is 25.1 Å². The fraction of sp³-hybridized carbons (Fsp3) is 0.207. The average Bonchev–Trinajstić information content (AvgIpc) is 3.57. The molecule has 38 heavy (non-hydrogen) atoms.